The Morgan fingerprint density at radius 3 is 2.04 bits per heavy atom. The minimum atomic E-state index is -0.762. The zero-order valence-electron chi connectivity index (χ0n) is 14.2. The summed E-state index contributed by atoms with van der Waals surface area (Å²) >= 11 is 0. The number of nitrogens with zero attached hydrogens (tertiary/aromatic N) is 2. The zero-order valence-corrected chi connectivity index (χ0v) is 14.2. The van der Waals surface area contributed by atoms with Gasteiger partial charge in [-0.15, -0.1) is 0 Å². The lowest BCUT2D eigenvalue weighted by Gasteiger charge is -2.07. The highest BCUT2D eigenvalue weighted by atomic mass is 16.6. The maximum absolute atomic E-state index is 11.2. The standard InChI is InChI=1S/C20H12N2O6/c23-19-9-8-14(10-17(19)21(25)26)16-12-18(22(27)28)20(24)11-15(16)7-6-13-4-2-1-3-5-13/h1-5,8-12,23-24H. The number of nitro benzene ring substituents is 2. The molecule has 28 heavy (non-hydrogen) atoms. The van der Waals surface area contributed by atoms with E-state index >= 15 is 0 Å². The van der Waals surface area contributed by atoms with Gasteiger partial charge in [-0.1, -0.05) is 36.1 Å². The number of hydrogen-bond acceptors (Lipinski definition) is 6. The number of nitro groups is 2. The molecule has 0 aliphatic carbocycles. The summed E-state index contributed by atoms with van der Waals surface area (Å²) in [5, 5.41) is 41.9. The fraction of sp³-hybridized carbons (Fsp3) is 0. The lowest BCUT2D eigenvalue weighted by molar-refractivity contribution is -0.386. The van der Waals surface area contributed by atoms with Gasteiger partial charge >= 0.3 is 11.4 Å². The molecule has 0 atom stereocenters. The van der Waals surface area contributed by atoms with E-state index in [1.54, 1.807) is 24.3 Å². The van der Waals surface area contributed by atoms with Crippen molar-refractivity contribution in [2.24, 2.45) is 0 Å². The molecule has 3 aromatic carbocycles. The van der Waals surface area contributed by atoms with Crippen molar-refractivity contribution in [2.45, 2.75) is 0 Å². The number of phenolic OH excluding ortho intramolecular Hbond substituents is 2. The van der Waals surface area contributed by atoms with Crippen molar-refractivity contribution < 1.29 is 20.1 Å². The zero-order chi connectivity index (χ0) is 20.3. The molecule has 8 heteroatoms. The fourth-order valence-electron chi connectivity index (χ4n) is 2.56. The second-order valence-corrected chi connectivity index (χ2v) is 5.72. The molecule has 0 aromatic heterocycles. The van der Waals surface area contributed by atoms with E-state index in [1.165, 1.54) is 6.07 Å². The topological polar surface area (TPSA) is 127 Å². The first-order valence-electron chi connectivity index (χ1n) is 7.93. The van der Waals surface area contributed by atoms with Crippen LogP contribution in [0, 0.1) is 32.1 Å². The summed E-state index contributed by atoms with van der Waals surface area (Å²) in [6.45, 7) is 0. The van der Waals surface area contributed by atoms with Crippen LogP contribution in [0.3, 0.4) is 0 Å². The van der Waals surface area contributed by atoms with Gasteiger partial charge in [-0.3, -0.25) is 20.2 Å². The molecule has 2 N–H and O–H groups in total. The molecule has 0 amide bonds. The van der Waals surface area contributed by atoms with Crippen molar-refractivity contribution in [3.05, 3.63) is 92.0 Å². The molecule has 0 saturated heterocycles. The van der Waals surface area contributed by atoms with Gasteiger partial charge in [0.2, 0.25) is 0 Å². The highest BCUT2D eigenvalue weighted by Gasteiger charge is 2.21. The van der Waals surface area contributed by atoms with E-state index in [1.807, 2.05) is 6.07 Å². The SMILES string of the molecule is O=[N+]([O-])c1cc(-c2cc([N+](=O)[O-])c(O)cc2C#Cc2ccccc2)ccc1O. The molecule has 0 saturated carbocycles. The molecule has 0 bridgehead atoms. The normalized spacial score (nSPS) is 10.0. The molecule has 0 unspecified atom stereocenters. The number of phenols is 2. The van der Waals surface area contributed by atoms with Gasteiger partial charge in [0.15, 0.2) is 11.5 Å². The summed E-state index contributed by atoms with van der Waals surface area (Å²) in [5.74, 6) is 4.62. The molecule has 0 spiro atoms. The van der Waals surface area contributed by atoms with Crippen LogP contribution in [0.2, 0.25) is 0 Å². The number of aromatic hydroxyl groups is 2. The molecular formula is C20H12N2O6. The van der Waals surface area contributed by atoms with E-state index in [4.69, 9.17) is 0 Å². The lowest BCUT2D eigenvalue weighted by atomic mass is 9.97. The third-order valence-corrected chi connectivity index (χ3v) is 3.91. The van der Waals surface area contributed by atoms with Crippen LogP contribution in [0.1, 0.15) is 11.1 Å². The Hall–Kier alpha value is -4.38. The molecule has 8 nitrogen and oxygen atoms in total. The second kappa shape index (κ2) is 7.47. The van der Waals surface area contributed by atoms with Crippen molar-refractivity contribution in [3.8, 4) is 34.5 Å². The fourth-order valence-corrected chi connectivity index (χ4v) is 2.56. The average molecular weight is 376 g/mol. The van der Waals surface area contributed by atoms with Crippen molar-refractivity contribution >= 4 is 11.4 Å². The highest BCUT2D eigenvalue weighted by molar-refractivity contribution is 5.78. The average Bonchev–Trinajstić information content (AvgIpc) is 2.67. The van der Waals surface area contributed by atoms with E-state index in [-0.39, 0.29) is 16.7 Å². The van der Waals surface area contributed by atoms with Crippen LogP contribution in [0.4, 0.5) is 11.4 Å². The van der Waals surface area contributed by atoms with Gasteiger partial charge in [0, 0.05) is 34.9 Å². The predicted molar refractivity (Wildman–Crippen MR) is 101 cm³/mol. The van der Waals surface area contributed by atoms with E-state index < -0.39 is 32.7 Å². The van der Waals surface area contributed by atoms with Crippen molar-refractivity contribution in [1.29, 1.82) is 0 Å². The van der Waals surface area contributed by atoms with Crippen LogP contribution in [0.5, 0.6) is 11.5 Å². The number of rotatable bonds is 3. The van der Waals surface area contributed by atoms with Gasteiger partial charge in [-0.05, 0) is 23.8 Å². The smallest absolute Gasteiger partial charge is 0.311 e. The van der Waals surface area contributed by atoms with E-state index in [0.29, 0.717) is 5.56 Å². The largest absolute Gasteiger partial charge is 0.502 e. The van der Waals surface area contributed by atoms with E-state index in [0.717, 1.165) is 24.3 Å². The molecular weight excluding hydrogens is 364 g/mol. The summed E-state index contributed by atoms with van der Waals surface area (Å²) in [5.41, 5.74) is 0.280. The third-order valence-electron chi connectivity index (χ3n) is 3.91. The van der Waals surface area contributed by atoms with Gasteiger partial charge in [-0.2, -0.15) is 0 Å². The van der Waals surface area contributed by atoms with Crippen LogP contribution in [-0.4, -0.2) is 20.1 Å². The molecule has 0 heterocycles. The van der Waals surface area contributed by atoms with E-state index in [9.17, 15) is 30.4 Å². The molecule has 0 aliphatic heterocycles. The minimum Gasteiger partial charge on any atom is -0.502 e. The van der Waals surface area contributed by atoms with Crippen LogP contribution < -0.4 is 0 Å². The Kier molecular flexibility index (Phi) is 4.91. The summed E-state index contributed by atoms with van der Waals surface area (Å²) in [7, 11) is 0. The van der Waals surface area contributed by atoms with Crippen molar-refractivity contribution in [3.63, 3.8) is 0 Å². The number of benzene rings is 3. The first-order chi connectivity index (χ1) is 13.4. The Balaban J connectivity index is 2.22. The van der Waals surface area contributed by atoms with Crippen LogP contribution in [0.25, 0.3) is 11.1 Å². The van der Waals surface area contributed by atoms with Crippen molar-refractivity contribution in [2.75, 3.05) is 0 Å². The van der Waals surface area contributed by atoms with Gasteiger partial charge in [0.05, 0.1) is 9.85 Å². The van der Waals surface area contributed by atoms with Gasteiger partial charge in [0.1, 0.15) is 0 Å². The lowest BCUT2D eigenvalue weighted by Crippen LogP contribution is -1.94. The molecule has 3 rings (SSSR count). The van der Waals surface area contributed by atoms with Gasteiger partial charge in [-0.25, -0.2) is 0 Å². The quantitative estimate of drug-likeness (QED) is 0.404. The Bertz CT molecular complexity index is 1150. The summed E-state index contributed by atoms with van der Waals surface area (Å²) in [6, 6.07) is 14.8. The highest BCUT2D eigenvalue weighted by Crippen LogP contribution is 2.37. The first kappa shape index (κ1) is 18.4. The predicted octanol–water partition coefficient (Wildman–Crippen LogP) is 3.98. The molecule has 0 radical (unpaired) electrons. The maximum atomic E-state index is 11.2. The van der Waals surface area contributed by atoms with Gasteiger partial charge < -0.3 is 10.2 Å². The monoisotopic (exact) mass is 376 g/mol. The summed E-state index contributed by atoms with van der Waals surface area (Å²) < 4.78 is 0. The molecule has 3 aromatic rings. The Morgan fingerprint density at radius 1 is 0.750 bits per heavy atom. The number of hydrogen-bond donors (Lipinski definition) is 2. The molecule has 0 fully saturated rings. The van der Waals surface area contributed by atoms with Crippen molar-refractivity contribution in [1.82, 2.24) is 0 Å². The van der Waals surface area contributed by atoms with Crippen LogP contribution in [-0.2, 0) is 0 Å². The Morgan fingerprint density at radius 2 is 1.39 bits per heavy atom. The van der Waals surface area contributed by atoms with Gasteiger partial charge in [0.25, 0.3) is 0 Å². The summed E-state index contributed by atoms with van der Waals surface area (Å²) in [4.78, 5) is 20.8. The Labute approximate surface area is 158 Å². The molecule has 138 valence electrons. The minimum absolute atomic E-state index is 0.219. The van der Waals surface area contributed by atoms with Crippen LogP contribution >= 0.6 is 0 Å². The first-order valence-corrected chi connectivity index (χ1v) is 7.93. The van der Waals surface area contributed by atoms with Crippen LogP contribution in [0.15, 0.2) is 60.7 Å². The van der Waals surface area contributed by atoms with E-state index in [2.05, 4.69) is 11.8 Å². The maximum Gasteiger partial charge on any atom is 0.311 e. The third kappa shape index (κ3) is 3.73. The summed E-state index contributed by atoms with van der Waals surface area (Å²) in [6.07, 6.45) is 0. The second-order valence-electron chi connectivity index (χ2n) is 5.72. The molecule has 0 aliphatic rings.